The topological polar surface area (TPSA) is 167 Å². The second-order valence-corrected chi connectivity index (χ2v) is 35.2. The largest absolute Gasteiger partial charge is 0.573 e. The number of halogens is 6. The van der Waals surface area contributed by atoms with Crippen LogP contribution in [0.3, 0.4) is 0 Å². The summed E-state index contributed by atoms with van der Waals surface area (Å²) in [5, 5.41) is 2.17. The van der Waals surface area contributed by atoms with Crippen LogP contribution >= 0.6 is 34.8 Å². The van der Waals surface area contributed by atoms with Crippen molar-refractivity contribution in [3.63, 3.8) is 0 Å². The zero-order valence-corrected chi connectivity index (χ0v) is 69.3. The van der Waals surface area contributed by atoms with Gasteiger partial charge in [-0.05, 0) is 155 Å². The summed E-state index contributed by atoms with van der Waals surface area (Å²) < 4.78 is 42.3. The lowest BCUT2D eigenvalue weighted by Crippen LogP contribution is -2.60. The summed E-state index contributed by atoms with van der Waals surface area (Å²) >= 11 is 18.6. The number of piperazine rings is 3. The highest BCUT2D eigenvalue weighted by Crippen LogP contribution is 2.41. The molecule has 0 saturated carbocycles. The maximum atomic E-state index is 13.6. The van der Waals surface area contributed by atoms with Crippen molar-refractivity contribution in [3.8, 4) is 5.75 Å². The van der Waals surface area contributed by atoms with Crippen LogP contribution in [0.1, 0.15) is 179 Å². The molecule has 6 saturated heterocycles. The van der Waals surface area contributed by atoms with E-state index < -0.39 is 6.36 Å². The number of nitrogens with two attached hydrogens (primary N) is 1. The van der Waals surface area contributed by atoms with Gasteiger partial charge < -0.3 is 39.9 Å². The van der Waals surface area contributed by atoms with Crippen LogP contribution in [0.15, 0.2) is 158 Å². The van der Waals surface area contributed by atoms with Crippen molar-refractivity contribution in [2.24, 2.45) is 40.2 Å². The van der Waals surface area contributed by atoms with Gasteiger partial charge in [0, 0.05) is 164 Å². The fraction of sp³-hybridized carbons (Fsp3) is 0.528. The van der Waals surface area contributed by atoms with Crippen molar-refractivity contribution in [2.45, 2.75) is 170 Å². The van der Waals surface area contributed by atoms with E-state index in [-0.39, 0.29) is 94.3 Å². The smallest absolute Gasteiger partial charge is 0.406 e. The summed E-state index contributed by atoms with van der Waals surface area (Å²) in [5.41, 5.74) is 11.9. The molecular formula is C89H116Cl3F3N10O7. The molecule has 6 aromatic rings. The molecule has 6 aromatic carbocycles. The Morgan fingerprint density at radius 1 is 0.402 bits per heavy atom. The number of amides is 7. The number of carbonyl (C=O) groups excluding carboxylic acids is 6. The van der Waals surface area contributed by atoms with Gasteiger partial charge in [0.05, 0.1) is 18.1 Å². The molecular weight excluding hydrogens is 1480 g/mol. The van der Waals surface area contributed by atoms with Gasteiger partial charge in [-0.3, -0.25) is 38.7 Å². The van der Waals surface area contributed by atoms with Gasteiger partial charge >= 0.3 is 12.4 Å². The molecule has 0 spiro atoms. The number of urea groups is 1. The van der Waals surface area contributed by atoms with Crippen LogP contribution in [0.4, 0.5) is 18.0 Å². The fourth-order valence-corrected chi connectivity index (χ4v) is 17.7. The van der Waals surface area contributed by atoms with Crippen LogP contribution in [0.25, 0.3) is 0 Å². The first-order chi connectivity index (χ1) is 53.2. The summed E-state index contributed by atoms with van der Waals surface area (Å²) in [7, 11) is 0. The Labute approximate surface area is 677 Å². The molecule has 0 aromatic heterocycles. The molecule has 0 bridgehead atoms. The van der Waals surface area contributed by atoms with E-state index in [1.54, 1.807) is 30.9 Å². The molecule has 3 unspecified atom stereocenters. The van der Waals surface area contributed by atoms with Gasteiger partial charge in [0.25, 0.3) is 0 Å². The van der Waals surface area contributed by atoms with Crippen LogP contribution in [-0.2, 0) is 24.0 Å². The molecule has 0 radical (unpaired) electrons. The van der Waals surface area contributed by atoms with Crippen molar-refractivity contribution >= 4 is 70.4 Å². The van der Waals surface area contributed by atoms with Gasteiger partial charge in [0.15, 0.2) is 0 Å². The molecule has 0 aliphatic carbocycles. The van der Waals surface area contributed by atoms with E-state index in [1.165, 1.54) is 34.4 Å². The highest BCUT2D eigenvalue weighted by molar-refractivity contribution is 6.31. The molecule has 17 nitrogen and oxygen atoms in total. The van der Waals surface area contributed by atoms with Crippen LogP contribution in [0.5, 0.6) is 5.75 Å². The number of primary amides is 1. The number of alkyl halides is 3. The number of hydrogen-bond acceptors (Lipinski definition) is 10. The number of hydrogen-bond donors (Lipinski definition) is 1. The van der Waals surface area contributed by atoms with E-state index in [0.717, 1.165) is 100 Å². The third-order valence-electron chi connectivity index (χ3n) is 23.8. The van der Waals surface area contributed by atoms with E-state index in [2.05, 4.69) is 151 Å². The van der Waals surface area contributed by atoms with E-state index in [4.69, 9.17) is 40.5 Å². The predicted octanol–water partition coefficient (Wildman–Crippen LogP) is 17.0. The molecule has 2 N–H and O–H groups in total. The number of carbonyl (C=O) groups is 6. The number of likely N-dealkylation sites (tertiary alicyclic amines) is 3. The molecule has 23 heteroatoms. The van der Waals surface area contributed by atoms with Gasteiger partial charge in [-0.15, -0.1) is 13.2 Å². The number of nitrogens with zero attached hydrogens (tertiary/aromatic N) is 9. The normalized spacial score (nSPS) is 20.3. The monoisotopic (exact) mass is 1600 g/mol. The van der Waals surface area contributed by atoms with Crippen molar-refractivity contribution in [1.29, 1.82) is 0 Å². The third kappa shape index (κ3) is 23.7. The Morgan fingerprint density at radius 2 is 0.688 bits per heavy atom. The summed E-state index contributed by atoms with van der Waals surface area (Å²) in [4.78, 5) is 94.5. The Morgan fingerprint density at radius 3 is 0.982 bits per heavy atom. The fourth-order valence-electron chi connectivity index (χ4n) is 17.4. The summed E-state index contributed by atoms with van der Waals surface area (Å²) in [6.45, 7) is 31.5. The quantitative estimate of drug-likeness (QED) is 0.0928. The van der Waals surface area contributed by atoms with E-state index in [0.29, 0.717) is 99.4 Å². The first-order valence-corrected chi connectivity index (χ1v) is 41.2. The maximum Gasteiger partial charge on any atom is 0.573 e. The predicted molar refractivity (Wildman–Crippen MR) is 439 cm³/mol. The highest BCUT2D eigenvalue weighted by Gasteiger charge is 2.44. The lowest BCUT2D eigenvalue weighted by atomic mass is 9.82. The van der Waals surface area contributed by atoms with Crippen molar-refractivity contribution in [3.05, 3.63) is 206 Å². The van der Waals surface area contributed by atoms with E-state index >= 15 is 0 Å². The van der Waals surface area contributed by atoms with Crippen LogP contribution in [0.2, 0.25) is 15.1 Å². The second-order valence-electron chi connectivity index (χ2n) is 33.9. The van der Waals surface area contributed by atoms with Gasteiger partial charge in [-0.2, -0.15) is 0 Å². The van der Waals surface area contributed by atoms with Crippen molar-refractivity contribution < 1.29 is 46.7 Å². The Hall–Kier alpha value is -7.72. The molecule has 6 aliphatic heterocycles. The minimum Gasteiger partial charge on any atom is -0.406 e. The number of ether oxygens (including phenoxy) is 1. The average molecular weight is 1600 g/mol. The first kappa shape index (κ1) is 86.7. The van der Waals surface area contributed by atoms with Crippen LogP contribution in [-0.4, -0.2) is 202 Å². The Balaban J connectivity index is 0.000000179. The summed E-state index contributed by atoms with van der Waals surface area (Å²) in [5.74, 6) is 1.87. The van der Waals surface area contributed by atoms with E-state index in [1.807, 2.05) is 81.4 Å². The molecule has 606 valence electrons. The highest BCUT2D eigenvalue weighted by atomic mass is 35.5. The minimum atomic E-state index is -4.74. The van der Waals surface area contributed by atoms with Gasteiger partial charge in [0.1, 0.15) is 5.75 Å². The lowest BCUT2D eigenvalue weighted by Gasteiger charge is -2.50. The zero-order valence-electron chi connectivity index (χ0n) is 67.0. The second kappa shape index (κ2) is 39.1. The summed E-state index contributed by atoms with van der Waals surface area (Å²) in [6.07, 6.45) is 2.04. The van der Waals surface area contributed by atoms with Crippen molar-refractivity contribution in [1.82, 2.24) is 44.1 Å². The van der Waals surface area contributed by atoms with E-state index in [9.17, 15) is 41.9 Å². The minimum absolute atomic E-state index is 0.0369. The average Bonchev–Trinajstić information content (AvgIpc) is 0.769. The number of rotatable bonds is 17. The molecule has 12 rings (SSSR count). The van der Waals surface area contributed by atoms with Gasteiger partial charge in [-0.1, -0.05) is 199 Å². The van der Waals surface area contributed by atoms with Crippen LogP contribution in [0, 0.1) is 34.5 Å². The molecule has 6 heterocycles. The number of piperidine rings is 3. The lowest BCUT2D eigenvalue weighted by molar-refractivity contribution is -0.274. The van der Waals surface area contributed by atoms with Crippen LogP contribution < -0.4 is 10.5 Å². The van der Waals surface area contributed by atoms with Gasteiger partial charge in [0.2, 0.25) is 29.5 Å². The SMILES string of the molecule is CC(=O)N1CCC(CC(=O)N2CCN(C(c3ccccc3)c3ccc(Cl)cc3)C[C@@H]2C(C)(C)C)CC1.CC(=O)N1CCC(CC(=O)N2CCN(C(c3ccccc3)c3ccc(OC(F)(F)F)cc3)C[C@@H]2C(C)(C)C)CC1.CC(C)C1CN(C(c2ccc(Cl)cc2)c2ccc(Cl)cc2)CCN1C(=O)CC1CCN(C(N)=O)CC1. The Kier molecular flexibility index (Phi) is 30.2. The Bertz CT molecular complexity index is 3990. The zero-order chi connectivity index (χ0) is 80.8. The first-order valence-electron chi connectivity index (χ1n) is 40.1. The van der Waals surface area contributed by atoms with Gasteiger partial charge in [-0.25, -0.2) is 4.79 Å². The standard InChI is InChI=1S/C31H40F3N3O3.C30H40ClN3O2.C28H36Cl2N4O2/c1-22(38)35-16-14-23(15-17-35)20-28(39)37-19-18-36(21-27(37)30(2,3)4)29(24-8-6-5-7-9-24)25-10-12-26(13-11-25)40-31(32,33)34;1-22(35)32-16-14-23(15-17-32)20-28(36)34-19-18-33(21-27(34)30(2,3)4)29(24-8-6-5-7-9-24)25-10-12-26(31)13-11-25;1-19(2)25-18-33(15-16-34(25)26(35)17-20-11-13-32(14-12-20)28(31)36)27(21-3-7-23(29)8-4-21)22-5-9-24(30)10-6-22/h5-13,23,27,29H,14-21H2,1-4H3;5-13,23,27,29H,14-21H2,1-4H3;3-10,19-20,25,27H,11-18H2,1-2H3,(H2,31,36)/t2*27-,29?;/m11./s1. The molecule has 112 heavy (non-hydrogen) atoms. The third-order valence-corrected chi connectivity index (χ3v) is 24.5. The summed E-state index contributed by atoms with van der Waals surface area (Å²) in [6, 6.07) is 50.7. The molecule has 6 aliphatic rings. The number of benzene rings is 6. The molecule has 6 fully saturated rings. The maximum absolute atomic E-state index is 13.6. The molecule has 7 amide bonds. The van der Waals surface area contributed by atoms with Crippen molar-refractivity contribution in [2.75, 3.05) is 98.2 Å². The molecule has 5 atom stereocenters.